The number of morpholine rings is 1. The van der Waals surface area contributed by atoms with Gasteiger partial charge in [-0.3, -0.25) is 19.2 Å². The number of rotatable bonds is 5. The minimum atomic E-state index is -0.309. The van der Waals surface area contributed by atoms with Crippen LogP contribution in [-0.4, -0.2) is 76.3 Å². The molecule has 0 saturated carbocycles. The molecule has 1 aromatic heterocycles. The number of nitrogens with two attached hydrogens (primary N) is 1. The van der Waals surface area contributed by atoms with Crippen LogP contribution >= 0.6 is 0 Å². The van der Waals surface area contributed by atoms with Gasteiger partial charge in [-0.25, -0.2) is 0 Å². The molecule has 0 bridgehead atoms. The van der Waals surface area contributed by atoms with Gasteiger partial charge in [0, 0.05) is 38.6 Å². The zero-order chi connectivity index (χ0) is 17.8. The van der Waals surface area contributed by atoms with E-state index >= 15 is 0 Å². The van der Waals surface area contributed by atoms with E-state index in [4.69, 9.17) is 10.5 Å². The molecule has 25 heavy (non-hydrogen) atoms. The lowest BCUT2D eigenvalue weighted by Crippen LogP contribution is -2.55. The van der Waals surface area contributed by atoms with Crippen LogP contribution in [0.15, 0.2) is 18.5 Å². The van der Waals surface area contributed by atoms with Crippen molar-refractivity contribution in [3.8, 4) is 0 Å². The van der Waals surface area contributed by atoms with E-state index in [1.165, 1.54) is 0 Å². The molecule has 2 amide bonds. The number of hydrogen-bond donors (Lipinski definition) is 1. The van der Waals surface area contributed by atoms with E-state index in [0.29, 0.717) is 32.8 Å². The highest BCUT2D eigenvalue weighted by atomic mass is 16.5. The summed E-state index contributed by atoms with van der Waals surface area (Å²) in [7, 11) is 0. The Morgan fingerprint density at radius 1 is 1.36 bits per heavy atom. The maximum Gasteiger partial charge on any atom is 0.239 e. The van der Waals surface area contributed by atoms with Gasteiger partial charge in [0.15, 0.2) is 0 Å². The van der Waals surface area contributed by atoms with Gasteiger partial charge < -0.3 is 15.4 Å². The van der Waals surface area contributed by atoms with E-state index in [-0.39, 0.29) is 29.9 Å². The third-order valence-corrected chi connectivity index (χ3v) is 5.16. The Morgan fingerprint density at radius 3 is 2.92 bits per heavy atom. The molecule has 8 heteroatoms. The SMILES string of the molecule is C[C@H](C(=O)N1CCC[C@@H](C(N)=O)C1)N1CCO[C@@H](Cn2cccn2)C1. The molecule has 2 N–H and O–H groups in total. The molecular weight excluding hydrogens is 322 g/mol. The molecule has 2 aliphatic rings. The van der Waals surface area contributed by atoms with E-state index in [2.05, 4.69) is 10.00 Å². The van der Waals surface area contributed by atoms with Crippen LogP contribution in [0, 0.1) is 5.92 Å². The number of ether oxygens (including phenoxy) is 1. The van der Waals surface area contributed by atoms with E-state index in [9.17, 15) is 9.59 Å². The Hall–Kier alpha value is -1.93. The second-order valence-electron chi connectivity index (χ2n) is 6.92. The smallest absolute Gasteiger partial charge is 0.239 e. The van der Waals surface area contributed by atoms with Crippen molar-refractivity contribution in [1.29, 1.82) is 0 Å². The van der Waals surface area contributed by atoms with Crippen LogP contribution in [0.2, 0.25) is 0 Å². The van der Waals surface area contributed by atoms with Crippen LogP contribution in [0.5, 0.6) is 0 Å². The van der Waals surface area contributed by atoms with E-state index in [0.717, 1.165) is 19.4 Å². The van der Waals surface area contributed by atoms with Gasteiger partial charge >= 0.3 is 0 Å². The molecule has 2 saturated heterocycles. The lowest BCUT2D eigenvalue weighted by molar-refractivity contribution is -0.142. The van der Waals surface area contributed by atoms with Crippen LogP contribution in [0.25, 0.3) is 0 Å². The summed E-state index contributed by atoms with van der Waals surface area (Å²) < 4.78 is 7.67. The molecule has 0 spiro atoms. The molecule has 0 radical (unpaired) electrons. The number of hydrogen-bond acceptors (Lipinski definition) is 5. The summed E-state index contributed by atoms with van der Waals surface area (Å²) in [5.74, 6) is -0.455. The fourth-order valence-corrected chi connectivity index (χ4v) is 3.65. The Morgan fingerprint density at radius 2 is 2.20 bits per heavy atom. The molecule has 1 aromatic rings. The van der Waals surface area contributed by atoms with Crippen molar-refractivity contribution in [1.82, 2.24) is 19.6 Å². The fourth-order valence-electron chi connectivity index (χ4n) is 3.65. The Labute approximate surface area is 147 Å². The van der Waals surface area contributed by atoms with E-state index in [1.54, 1.807) is 11.1 Å². The second-order valence-corrected chi connectivity index (χ2v) is 6.92. The summed E-state index contributed by atoms with van der Waals surface area (Å²) in [6.45, 7) is 5.79. The number of amides is 2. The summed E-state index contributed by atoms with van der Waals surface area (Å²) >= 11 is 0. The van der Waals surface area contributed by atoms with Crippen LogP contribution in [0.4, 0.5) is 0 Å². The summed E-state index contributed by atoms with van der Waals surface area (Å²) in [6.07, 6.45) is 5.28. The van der Waals surface area contributed by atoms with Crippen molar-refractivity contribution < 1.29 is 14.3 Å². The van der Waals surface area contributed by atoms with Crippen molar-refractivity contribution in [2.75, 3.05) is 32.8 Å². The summed E-state index contributed by atoms with van der Waals surface area (Å²) in [6, 6.07) is 1.66. The Bertz CT molecular complexity index is 591. The second kappa shape index (κ2) is 7.97. The van der Waals surface area contributed by atoms with Gasteiger partial charge in [0.1, 0.15) is 0 Å². The Kier molecular flexibility index (Phi) is 5.70. The molecule has 2 aliphatic heterocycles. The third kappa shape index (κ3) is 4.38. The molecule has 2 fully saturated rings. The van der Waals surface area contributed by atoms with Gasteiger partial charge in [0.2, 0.25) is 11.8 Å². The van der Waals surface area contributed by atoms with Crippen LogP contribution in [-0.2, 0) is 20.9 Å². The first kappa shape index (κ1) is 17.9. The highest BCUT2D eigenvalue weighted by Gasteiger charge is 2.33. The minimum Gasteiger partial charge on any atom is -0.374 e. The largest absolute Gasteiger partial charge is 0.374 e. The van der Waals surface area contributed by atoms with Gasteiger partial charge in [-0.2, -0.15) is 5.10 Å². The third-order valence-electron chi connectivity index (χ3n) is 5.16. The van der Waals surface area contributed by atoms with Crippen molar-refractivity contribution in [3.63, 3.8) is 0 Å². The predicted molar refractivity (Wildman–Crippen MR) is 91.5 cm³/mol. The van der Waals surface area contributed by atoms with Crippen molar-refractivity contribution in [2.24, 2.45) is 11.7 Å². The molecule has 0 unspecified atom stereocenters. The summed E-state index contributed by atoms with van der Waals surface area (Å²) in [4.78, 5) is 28.3. The maximum absolute atomic E-state index is 12.9. The number of carbonyl (C=O) groups is 2. The monoisotopic (exact) mass is 349 g/mol. The minimum absolute atomic E-state index is 0.0172. The zero-order valence-electron chi connectivity index (χ0n) is 14.7. The first-order chi connectivity index (χ1) is 12.0. The van der Waals surface area contributed by atoms with Crippen LogP contribution in [0.1, 0.15) is 19.8 Å². The molecule has 138 valence electrons. The average molecular weight is 349 g/mol. The van der Waals surface area contributed by atoms with E-state index in [1.807, 2.05) is 23.9 Å². The van der Waals surface area contributed by atoms with Gasteiger partial charge in [0.25, 0.3) is 0 Å². The topological polar surface area (TPSA) is 93.7 Å². The quantitative estimate of drug-likeness (QED) is 0.787. The lowest BCUT2D eigenvalue weighted by Gasteiger charge is -2.39. The van der Waals surface area contributed by atoms with E-state index < -0.39 is 0 Å². The van der Waals surface area contributed by atoms with Crippen molar-refractivity contribution in [2.45, 2.75) is 38.5 Å². The van der Waals surface area contributed by atoms with Gasteiger partial charge in [-0.1, -0.05) is 0 Å². The van der Waals surface area contributed by atoms with Gasteiger partial charge in [-0.15, -0.1) is 0 Å². The molecule has 8 nitrogen and oxygen atoms in total. The highest BCUT2D eigenvalue weighted by molar-refractivity contribution is 5.83. The van der Waals surface area contributed by atoms with Crippen LogP contribution < -0.4 is 5.73 Å². The normalized spacial score (nSPS) is 26.4. The number of nitrogens with zero attached hydrogens (tertiary/aromatic N) is 4. The molecule has 0 aromatic carbocycles. The number of aromatic nitrogens is 2. The molecule has 3 atom stereocenters. The lowest BCUT2D eigenvalue weighted by atomic mass is 9.97. The Balaban J connectivity index is 1.56. The summed E-state index contributed by atoms with van der Waals surface area (Å²) in [5.41, 5.74) is 5.42. The average Bonchev–Trinajstić information content (AvgIpc) is 3.13. The number of piperidine rings is 1. The molecule has 3 heterocycles. The van der Waals surface area contributed by atoms with Gasteiger partial charge in [-0.05, 0) is 25.8 Å². The first-order valence-corrected chi connectivity index (χ1v) is 8.96. The van der Waals surface area contributed by atoms with Gasteiger partial charge in [0.05, 0.1) is 31.2 Å². The van der Waals surface area contributed by atoms with Crippen molar-refractivity contribution >= 4 is 11.8 Å². The van der Waals surface area contributed by atoms with Crippen molar-refractivity contribution in [3.05, 3.63) is 18.5 Å². The number of likely N-dealkylation sites (tertiary alicyclic amines) is 1. The van der Waals surface area contributed by atoms with Crippen LogP contribution in [0.3, 0.4) is 0 Å². The molecule has 3 rings (SSSR count). The molecular formula is C17H27N5O3. The molecule has 0 aliphatic carbocycles. The maximum atomic E-state index is 12.9. The number of primary amides is 1. The summed E-state index contributed by atoms with van der Waals surface area (Å²) in [5, 5.41) is 4.21. The number of carbonyl (C=O) groups excluding carboxylic acids is 2. The predicted octanol–water partition coefficient (Wildman–Crippen LogP) is -0.304. The highest BCUT2D eigenvalue weighted by Crippen LogP contribution is 2.19. The standard InChI is InChI=1S/C17H27N5O3/c1-13(17(24)21-6-2-4-14(10-21)16(18)23)20-8-9-25-15(11-20)12-22-7-3-5-19-22/h3,5,7,13-15H,2,4,6,8-12H2,1H3,(H2,18,23)/t13-,14-,15-/m1/s1. The first-order valence-electron chi connectivity index (χ1n) is 8.96. The fraction of sp³-hybridized carbons (Fsp3) is 0.706. The zero-order valence-corrected chi connectivity index (χ0v) is 14.7.